The number of aryl methyl sites for hydroxylation is 1. The summed E-state index contributed by atoms with van der Waals surface area (Å²) in [6, 6.07) is 4.82. The number of hydrogen-bond acceptors (Lipinski definition) is 6. The van der Waals surface area contributed by atoms with Crippen molar-refractivity contribution in [2.24, 2.45) is 5.92 Å². The molecule has 3 atom stereocenters. The second-order valence-corrected chi connectivity index (χ2v) is 8.80. The number of amides is 3. The van der Waals surface area contributed by atoms with E-state index in [9.17, 15) is 19.1 Å². The van der Waals surface area contributed by atoms with Gasteiger partial charge in [-0.3, -0.25) is 9.48 Å². The van der Waals surface area contributed by atoms with Gasteiger partial charge in [0.1, 0.15) is 11.5 Å². The SMILES string of the molecule is C[C@H]1CN([C@@H](C)CO)C(=O)CCCn2cc(nn2)CO[C@@H]1CN(C)C(=O)Nc1ccc(F)cc1. The van der Waals surface area contributed by atoms with Crippen molar-refractivity contribution >= 4 is 17.6 Å². The van der Waals surface area contributed by atoms with Crippen molar-refractivity contribution in [1.82, 2.24) is 24.8 Å². The van der Waals surface area contributed by atoms with E-state index < -0.39 is 6.10 Å². The number of ether oxygens (including phenoxy) is 1. The number of hydrogen-bond donors (Lipinski definition) is 2. The molecule has 1 aliphatic heterocycles. The Labute approximate surface area is 198 Å². The zero-order chi connectivity index (χ0) is 24.7. The normalized spacial score (nSPS) is 20.6. The number of aliphatic hydroxyl groups is 1. The fourth-order valence-electron chi connectivity index (χ4n) is 3.80. The predicted octanol–water partition coefficient (Wildman–Crippen LogP) is 2.11. The van der Waals surface area contributed by atoms with Gasteiger partial charge in [0.05, 0.1) is 31.6 Å². The van der Waals surface area contributed by atoms with Crippen LogP contribution in [-0.4, -0.2) is 80.7 Å². The Morgan fingerprint density at radius 3 is 2.82 bits per heavy atom. The Hall–Kier alpha value is -3.05. The number of anilines is 1. The van der Waals surface area contributed by atoms with Gasteiger partial charge in [0, 0.05) is 44.7 Å². The van der Waals surface area contributed by atoms with E-state index in [1.54, 1.807) is 22.8 Å². The minimum absolute atomic E-state index is 0.0471. The molecular weight excluding hydrogens is 443 g/mol. The van der Waals surface area contributed by atoms with Gasteiger partial charge in [0.2, 0.25) is 5.91 Å². The van der Waals surface area contributed by atoms with Gasteiger partial charge < -0.3 is 25.0 Å². The second-order valence-electron chi connectivity index (χ2n) is 8.80. The highest BCUT2D eigenvalue weighted by atomic mass is 19.1. The van der Waals surface area contributed by atoms with E-state index in [4.69, 9.17) is 4.74 Å². The van der Waals surface area contributed by atoms with Crippen LogP contribution in [0, 0.1) is 11.7 Å². The summed E-state index contributed by atoms with van der Waals surface area (Å²) in [7, 11) is 1.64. The molecule has 10 nitrogen and oxygen atoms in total. The number of urea groups is 1. The first-order valence-corrected chi connectivity index (χ1v) is 11.5. The standard InChI is InChI=1S/C23H33FN6O4/c1-16-11-30(17(2)14-31)22(32)5-4-10-29-12-20(26-27-29)15-34-21(16)13-28(3)23(33)25-19-8-6-18(24)7-9-19/h6-9,12,16-17,21,31H,4-5,10-11,13-15H2,1-3H3,(H,25,33)/t16-,17-,21+/m0/s1. The van der Waals surface area contributed by atoms with E-state index >= 15 is 0 Å². The average molecular weight is 477 g/mol. The number of benzene rings is 1. The summed E-state index contributed by atoms with van der Waals surface area (Å²) in [4.78, 5) is 28.8. The van der Waals surface area contributed by atoms with Crippen molar-refractivity contribution in [2.75, 3.05) is 32.1 Å². The molecule has 0 unspecified atom stereocenters. The number of nitrogens with zero attached hydrogens (tertiary/aromatic N) is 5. The zero-order valence-corrected chi connectivity index (χ0v) is 19.9. The smallest absolute Gasteiger partial charge is 0.321 e. The molecule has 0 radical (unpaired) electrons. The van der Waals surface area contributed by atoms with Gasteiger partial charge in [-0.1, -0.05) is 12.1 Å². The highest BCUT2D eigenvalue weighted by molar-refractivity contribution is 5.89. The first kappa shape index (κ1) is 25.6. The number of fused-ring (bicyclic) bond motifs is 2. The van der Waals surface area contributed by atoms with Crippen molar-refractivity contribution in [3.63, 3.8) is 0 Å². The molecule has 1 aromatic carbocycles. The van der Waals surface area contributed by atoms with Crippen LogP contribution in [0.1, 0.15) is 32.4 Å². The van der Waals surface area contributed by atoms with Gasteiger partial charge in [-0.25, -0.2) is 9.18 Å². The van der Waals surface area contributed by atoms with E-state index in [1.165, 1.54) is 29.2 Å². The monoisotopic (exact) mass is 476 g/mol. The molecule has 11 heteroatoms. The van der Waals surface area contributed by atoms with E-state index in [0.717, 1.165) is 0 Å². The van der Waals surface area contributed by atoms with E-state index in [2.05, 4.69) is 15.6 Å². The number of rotatable bonds is 5. The highest BCUT2D eigenvalue weighted by Gasteiger charge is 2.28. The maximum atomic E-state index is 13.1. The minimum Gasteiger partial charge on any atom is -0.394 e. The third-order valence-electron chi connectivity index (χ3n) is 5.94. The van der Waals surface area contributed by atoms with Crippen LogP contribution >= 0.6 is 0 Å². The van der Waals surface area contributed by atoms with Crippen molar-refractivity contribution < 1.29 is 23.8 Å². The third-order valence-corrected chi connectivity index (χ3v) is 5.94. The predicted molar refractivity (Wildman–Crippen MR) is 123 cm³/mol. The Kier molecular flexibility index (Phi) is 8.94. The summed E-state index contributed by atoms with van der Waals surface area (Å²) in [5.74, 6) is -0.574. The van der Waals surface area contributed by atoms with E-state index in [1.807, 2.05) is 13.8 Å². The third kappa shape index (κ3) is 6.97. The lowest BCUT2D eigenvalue weighted by Crippen LogP contribution is -2.48. The molecule has 1 aliphatic rings. The highest BCUT2D eigenvalue weighted by Crippen LogP contribution is 2.18. The van der Waals surface area contributed by atoms with Gasteiger partial charge in [0.25, 0.3) is 0 Å². The molecule has 2 N–H and O–H groups in total. The molecular formula is C23H33FN6O4. The number of carbonyl (C=O) groups is 2. The van der Waals surface area contributed by atoms with Gasteiger partial charge in [0.15, 0.2) is 0 Å². The molecule has 0 fully saturated rings. The fourth-order valence-corrected chi connectivity index (χ4v) is 3.80. The van der Waals surface area contributed by atoms with Gasteiger partial charge in [-0.2, -0.15) is 0 Å². The quantitative estimate of drug-likeness (QED) is 0.684. The first-order chi connectivity index (χ1) is 16.3. The number of nitrogens with one attached hydrogen (secondary N) is 1. The molecule has 186 valence electrons. The van der Waals surface area contributed by atoms with Crippen molar-refractivity contribution in [2.45, 2.75) is 52.0 Å². The second kappa shape index (κ2) is 11.9. The van der Waals surface area contributed by atoms with Crippen molar-refractivity contribution in [3.05, 3.63) is 42.0 Å². The van der Waals surface area contributed by atoms with Crippen LogP contribution < -0.4 is 5.32 Å². The number of halogens is 1. The molecule has 0 saturated carbocycles. The molecule has 0 saturated heterocycles. The molecule has 3 amide bonds. The summed E-state index contributed by atoms with van der Waals surface area (Å²) in [6.45, 7) is 5.02. The lowest BCUT2D eigenvalue weighted by Gasteiger charge is -2.35. The van der Waals surface area contributed by atoms with Crippen LogP contribution in [0.4, 0.5) is 14.9 Å². The Morgan fingerprint density at radius 1 is 1.38 bits per heavy atom. The van der Waals surface area contributed by atoms with Crippen LogP contribution in [0.25, 0.3) is 0 Å². The maximum Gasteiger partial charge on any atom is 0.321 e. The number of aromatic nitrogens is 3. The maximum absolute atomic E-state index is 13.1. The fraction of sp³-hybridized carbons (Fsp3) is 0.565. The number of aliphatic hydroxyl groups excluding tert-OH is 1. The Balaban J connectivity index is 1.75. The molecule has 3 rings (SSSR count). The van der Waals surface area contributed by atoms with Crippen molar-refractivity contribution in [3.8, 4) is 0 Å². The number of carbonyl (C=O) groups excluding carboxylic acids is 2. The molecule has 2 heterocycles. The van der Waals surface area contributed by atoms with Gasteiger partial charge in [-0.15, -0.1) is 5.10 Å². The van der Waals surface area contributed by atoms with Crippen LogP contribution in [0.2, 0.25) is 0 Å². The van der Waals surface area contributed by atoms with Crippen molar-refractivity contribution in [1.29, 1.82) is 0 Å². The van der Waals surface area contributed by atoms with E-state index in [-0.39, 0.29) is 49.5 Å². The number of likely N-dealkylation sites (N-methyl/N-ethyl adjacent to an activating group) is 1. The zero-order valence-electron chi connectivity index (χ0n) is 19.9. The summed E-state index contributed by atoms with van der Waals surface area (Å²) in [5, 5.41) is 20.7. The summed E-state index contributed by atoms with van der Waals surface area (Å²) < 4.78 is 21.0. The molecule has 34 heavy (non-hydrogen) atoms. The molecule has 2 bridgehead atoms. The Bertz CT molecular complexity index is 953. The first-order valence-electron chi connectivity index (χ1n) is 11.5. The average Bonchev–Trinajstić information content (AvgIpc) is 3.27. The molecule has 2 aromatic rings. The van der Waals surface area contributed by atoms with Gasteiger partial charge in [-0.05, 0) is 37.6 Å². The molecule has 0 spiro atoms. The van der Waals surface area contributed by atoms with Crippen LogP contribution in [0.15, 0.2) is 30.5 Å². The van der Waals surface area contributed by atoms with Crippen LogP contribution in [0.5, 0.6) is 0 Å². The lowest BCUT2D eigenvalue weighted by molar-refractivity contribution is -0.136. The van der Waals surface area contributed by atoms with Gasteiger partial charge >= 0.3 is 6.03 Å². The summed E-state index contributed by atoms with van der Waals surface area (Å²) >= 11 is 0. The summed E-state index contributed by atoms with van der Waals surface area (Å²) in [5.41, 5.74) is 1.15. The van der Waals surface area contributed by atoms with Crippen LogP contribution in [0.3, 0.4) is 0 Å². The summed E-state index contributed by atoms with van der Waals surface area (Å²) in [6.07, 6.45) is 2.32. The van der Waals surface area contributed by atoms with E-state index in [0.29, 0.717) is 37.3 Å². The largest absolute Gasteiger partial charge is 0.394 e. The topological polar surface area (TPSA) is 113 Å². The minimum atomic E-state index is -0.420. The van der Waals surface area contributed by atoms with Crippen LogP contribution in [-0.2, 0) is 22.7 Å². The molecule has 0 aliphatic carbocycles. The Morgan fingerprint density at radius 2 is 2.12 bits per heavy atom. The molecule has 1 aromatic heterocycles. The lowest BCUT2D eigenvalue weighted by atomic mass is 10.0.